The number of sulfone groups is 1. The second kappa shape index (κ2) is 106. The van der Waals surface area contributed by atoms with Crippen molar-refractivity contribution in [3.05, 3.63) is 59.7 Å². The first kappa shape index (κ1) is 125. The molecule has 0 bridgehead atoms. The average molecular weight is 2890 g/mol. The van der Waals surface area contributed by atoms with E-state index in [1.807, 2.05) is 36.4 Å². The Morgan fingerprint density at radius 1 is 0.582 bits per heavy atom. The molecule has 0 saturated carbocycles. The fraction of sp³-hybridized carbons (Fsp3) is 0.825. The van der Waals surface area contributed by atoms with Crippen molar-refractivity contribution in [3.8, 4) is 0 Å². The van der Waals surface area contributed by atoms with Crippen LogP contribution in [0.2, 0.25) is 0 Å². The molecule has 1 fully saturated rings. The van der Waals surface area contributed by atoms with E-state index < -0.39 is 15.6 Å². The molecule has 3 rings (SSSR count). The number of nitrogens with two attached hydrogens (primary N) is 1. The van der Waals surface area contributed by atoms with E-state index in [9.17, 15) is 13.2 Å². The van der Waals surface area contributed by atoms with Gasteiger partial charge in [0.1, 0.15) is 4.83 Å². The van der Waals surface area contributed by atoms with E-state index in [0.29, 0.717) is 27.8 Å². The minimum absolute atomic E-state index is 0.0895. The number of benzene rings is 1. The minimum atomic E-state index is -2.74. The van der Waals surface area contributed by atoms with E-state index in [-0.39, 0.29) is 54.1 Å². The molecule has 0 aromatic heterocycles. The number of hydrogen-bond acceptors (Lipinski definition) is 9. The summed E-state index contributed by atoms with van der Waals surface area (Å²) >= 11 is 85.7. The number of aliphatic hydroxyl groups is 1. The van der Waals surface area contributed by atoms with Gasteiger partial charge in [-0.05, 0) is 55.6 Å². The molecule has 1 heterocycles. The maximum atomic E-state index is 10.8. The van der Waals surface area contributed by atoms with Gasteiger partial charge in [0, 0.05) is 113 Å². The van der Waals surface area contributed by atoms with Crippen LogP contribution < -0.4 is 5.73 Å². The predicted molar refractivity (Wildman–Crippen MR) is 523 cm³/mol. The number of primary amides is 1. The van der Waals surface area contributed by atoms with E-state index >= 15 is 0 Å². The van der Waals surface area contributed by atoms with Crippen LogP contribution in [0.5, 0.6) is 0 Å². The molecule has 4 unspecified atom stereocenters. The third-order valence-electron chi connectivity index (χ3n) is 11.1. The number of amides is 1. The van der Waals surface area contributed by atoms with Gasteiger partial charge in [0.25, 0.3) is 0 Å². The Hall–Kier alpha value is 9.14. The Balaban J connectivity index is -0.000000127. The van der Waals surface area contributed by atoms with Gasteiger partial charge in [-0.15, -0.1) is 46.4 Å². The third kappa shape index (κ3) is 109. The Kier molecular flexibility index (Phi) is 136. The van der Waals surface area contributed by atoms with E-state index in [0.717, 1.165) is 103 Å². The summed E-state index contributed by atoms with van der Waals surface area (Å²) in [6.45, 7) is 7.26. The van der Waals surface area contributed by atoms with Gasteiger partial charge in [-0.25, -0.2) is 8.42 Å². The molecule has 98 heavy (non-hydrogen) atoms. The topological polar surface area (TPSA) is 144 Å². The summed E-state index contributed by atoms with van der Waals surface area (Å²) in [5, 5.41) is 21.9. The zero-order chi connectivity index (χ0) is 77.0. The lowest BCUT2D eigenvalue weighted by atomic mass is 10.1. The van der Waals surface area contributed by atoms with Gasteiger partial charge in [-0.2, -0.15) is 0 Å². The van der Waals surface area contributed by atoms with E-state index in [1.165, 1.54) is 111 Å². The lowest BCUT2D eigenvalue weighted by Gasteiger charge is -2.25. The quantitative estimate of drug-likeness (QED) is 0.0215. The molecule has 2 aliphatic rings. The second-order valence-corrected chi connectivity index (χ2v) is 40.1. The normalized spacial score (nSPS) is 15.6. The van der Waals surface area contributed by atoms with Crippen LogP contribution >= 0.6 is 378 Å². The van der Waals surface area contributed by atoms with E-state index in [4.69, 9.17) is 80.9 Å². The molecule has 3 N–H and O–H groups in total. The van der Waals surface area contributed by atoms with Crippen LogP contribution in [-0.2, 0) is 50.1 Å². The molecule has 1 saturated heterocycles. The molecule has 35 heteroatoms. The molecule has 1 aliphatic carbocycles. The Morgan fingerprint density at radius 3 is 1.08 bits per heavy atom. The Morgan fingerprint density at radius 2 is 0.918 bits per heavy atom. The van der Waals surface area contributed by atoms with E-state index in [2.05, 4.69) is 351 Å². The van der Waals surface area contributed by atoms with Crippen LogP contribution in [0.1, 0.15) is 108 Å². The highest BCUT2D eigenvalue weighted by Gasteiger charge is 2.34. The van der Waals surface area contributed by atoms with Crippen LogP contribution in [0.15, 0.2) is 48.6 Å². The molecular formula is C63H109Br18Cl4I2NO9S. The van der Waals surface area contributed by atoms with Crippen molar-refractivity contribution >= 4 is 394 Å². The van der Waals surface area contributed by atoms with Crippen molar-refractivity contribution < 1.29 is 42.0 Å². The largest absolute Gasteiger partial charge is 0.395 e. The summed E-state index contributed by atoms with van der Waals surface area (Å²) in [5.41, 5.74) is 7.08. The number of ether oxygens (including phenoxy) is 5. The summed E-state index contributed by atoms with van der Waals surface area (Å²) in [4.78, 5) is 10.3. The lowest BCUT2D eigenvalue weighted by molar-refractivity contribution is -0.169. The van der Waals surface area contributed by atoms with Gasteiger partial charge in [-0.1, -0.05) is 439 Å². The fourth-order valence-corrected chi connectivity index (χ4v) is 18.0. The number of methoxy groups -OCH3 is 2. The average Bonchev–Trinajstić information content (AvgIpc) is 1.71. The Labute approximate surface area is 794 Å². The van der Waals surface area contributed by atoms with Crippen molar-refractivity contribution in [1.29, 1.82) is 0 Å². The van der Waals surface area contributed by atoms with Gasteiger partial charge < -0.3 is 34.5 Å². The molecule has 1 aromatic carbocycles. The first-order valence-corrected chi connectivity index (χ1v) is 57.3. The molecule has 594 valence electrons. The molecule has 10 nitrogen and oxygen atoms in total. The Bertz CT molecular complexity index is 1750. The van der Waals surface area contributed by atoms with Gasteiger partial charge in [0.2, 0.25) is 5.91 Å². The number of carbonyl (C=O) groups is 1. The highest BCUT2D eigenvalue weighted by atomic mass is 127. The second-order valence-electron chi connectivity index (χ2n) is 19.4. The molecule has 6 atom stereocenters. The highest BCUT2D eigenvalue weighted by Crippen LogP contribution is 2.25. The first-order valence-electron chi connectivity index (χ1n) is 31.1. The van der Waals surface area contributed by atoms with Gasteiger partial charge in [0.15, 0.2) is 15.6 Å². The van der Waals surface area contributed by atoms with Crippen molar-refractivity contribution in [2.75, 3.05) is 155 Å². The fourth-order valence-electron chi connectivity index (χ4n) is 5.38. The first-order chi connectivity index (χ1) is 46.8. The number of unbranched alkanes of at least 4 members (excludes halogenated alkanes) is 10. The SMILES string of the molecule is BrC/C=C/CBr.BrCCCCCCCBr.BrCCCCCCCCCBr.BrCCOCCBr.CC(CCBr)CCBr.COC(CBr)(CBr)OC.ClCc1cccc(CCl)c1.Cl[C@@H]1C=C[C@@H]1Cl.ICCOCCOCCI.NC(=O)C(Br)CBr.O=S1(=O)CC(Br)C(Br)C1.OCC(Br)CBr. The zero-order valence-corrected chi connectivity index (χ0v) is 93.1. The minimum Gasteiger partial charge on any atom is -0.395 e. The zero-order valence-electron chi connectivity index (χ0n) is 56.4. The number of hydrogen-bond donors (Lipinski definition) is 2. The van der Waals surface area contributed by atoms with Crippen molar-refractivity contribution in [2.24, 2.45) is 11.7 Å². The highest BCUT2D eigenvalue weighted by molar-refractivity contribution is 14.1. The number of rotatable bonds is 41. The number of aliphatic hydroxyl groups excluding tert-OH is 1. The summed E-state index contributed by atoms with van der Waals surface area (Å²) in [7, 11) is 0.496. The number of alkyl halides is 24. The van der Waals surface area contributed by atoms with Crippen LogP contribution in [0.3, 0.4) is 0 Å². The summed E-state index contributed by atoms with van der Waals surface area (Å²) < 4.78 is 49.3. The van der Waals surface area contributed by atoms with Gasteiger partial charge in [-0.3, -0.25) is 4.79 Å². The summed E-state index contributed by atoms with van der Waals surface area (Å²) in [6, 6.07) is 7.96. The number of carbonyl (C=O) groups excluding carboxylic acids is 1. The molecular weight excluding hydrogens is 2780 g/mol. The van der Waals surface area contributed by atoms with Crippen molar-refractivity contribution in [1.82, 2.24) is 0 Å². The number of halogens is 24. The van der Waals surface area contributed by atoms with Crippen LogP contribution in [-0.4, -0.2) is 211 Å². The van der Waals surface area contributed by atoms with Crippen LogP contribution in [0.25, 0.3) is 0 Å². The maximum Gasteiger partial charge on any atom is 0.232 e. The van der Waals surface area contributed by atoms with E-state index in [1.54, 1.807) is 14.2 Å². The standard InChI is InChI=1S/C9H18Br2.C8H8Cl2.C7H14Br2.C6H12Br2.C6H12I2O2.C5H10Br2O2.C4H6Br2O2S.C4H8Br2O.C4H6Br2.C4H4Cl2.C3H5Br2NO.C3H6Br2O/c10-8-6-4-2-1-3-5-7-9-11;9-5-7-2-1-3-8(4-7)6-10;8-6-4-2-1-3-5-7-9;1-6(2-4-7)3-5-8;7-1-3-9-5-6-10-4-2-8;1-8-5(3-6,4-7)9-2;5-3-1-9(7,8)2-4(3)6;5-1-3-7-4-2-6;5-3-1-2-4-6;5-3-1-2-4(3)6;4-1-2(5)3(6)7;4-1-3(5)2-6/h1-9H2;1-4H,5-6H2;1-7H2;6H,2-5H2,1H3;1-6H2;3-4H2,1-2H3;3-4H,1-2H2;1-4H2;1-2H,3-4H2;1-4H;2H,1H2,(H2,6,7);3,6H,1-2H2/b;;;;;;;;2-1+;;;/t;;;;;;;;;3-,4+;;. The summed E-state index contributed by atoms with van der Waals surface area (Å²) in [5.74, 6) is 1.69. The lowest BCUT2D eigenvalue weighted by Crippen LogP contribution is -2.37. The van der Waals surface area contributed by atoms with Gasteiger partial charge in [0.05, 0.1) is 79.2 Å². The number of allylic oxidation sites excluding steroid dienone is 4. The molecule has 1 aromatic rings. The van der Waals surface area contributed by atoms with Crippen LogP contribution in [0.4, 0.5) is 0 Å². The smallest absolute Gasteiger partial charge is 0.232 e. The molecule has 0 spiro atoms. The summed E-state index contributed by atoms with van der Waals surface area (Å²) in [6.07, 6.45) is 27.1. The van der Waals surface area contributed by atoms with Crippen molar-refractivity contribution in [2.45, 2.75) is 144 Å². The van der Waals surface area contributed by atoms with Crippen molar-refractivity contribution in [3.63, 3.8) is 0 Å². The molecule has 0 radical (unpaired) electrons. The maximum absolute atomic E-state index is 10.8. The van der Waals surface area contributed by atoms with Crippen LogP contribution in [0, 0.1) is 5.92 Å². The van der Waals surface area contributed by atoms with Gasteiger partial charge >= 0.3 is 0 Å². The molecule has 1 amide bonds. The monoisotopic (exact) mass is 2870 g/mol. The molecule has 1 aliphatic heterocycles. The predicted octanol–water partition coefficient (Wildman–Crippen LogP) is 26.9. The third-order valence-corrected chi connectivity index (χ3v) is 29.6.